The molecule has 0 atom stereocenters. The zero-order chi connectivity index (χ0) is 25.5. The lowest BCUT2D eigenvalue weighted by Gasteiger charge is -2.12. The first-order valence-corrected chi connectivity index (χ1v) is 11.2. The molecule has 1 aromatic heterocycles. The summed E-state index contributed by atoms with van der Waals surface area (Å²) in [5.41, 5.74) is 4.37. The molecule has 2 N–H and O–H groups in total. The van der Waals surface area contributed by atoms with Gasteiger partial charge in [0, 0.05) is 12.1 Å². The van der Waals surface area contributed by atoms with Gasteiger partial charge in [-0.05, 0) is 37.1 Å². The fourth-order valence-corrected chi connectivity index (χ4v) is 3.21. The number of fused-ring (bicyclic) bond motifs is 1. The largest absolute Gasteiger partial charge is 0.478 e. The van der Waals surface area contributed by atoms with Gasteiger partial charge in [-0.2, -0.15) is 0 Å². The topological polar surface area (TPSA) is 75.1 Å². The van der Waals surface area contributed by atoms with Gasteiger partial charge in [0.05, 0.1) is 16.6 Å². The van der Waals surface area contributed by atoms with E-state index in [0.717, 1.165) is 17.7 Å². The molecule has 0 saturated carbocycles. The van der Waals surface area contributed by atoms with E-state index in [1.165, 1.54) is 5.56 Å². The Kier molecular flexibility index (Phi) is 13.3. The molecule has 1 heterocycles. The third-order valence-corrected chi connectivity index (χ3v) is 4.84. The summed E-state index contributed by atoms with van der Waals surface area (Å²) >= 11 is 0. The van der Waals surface area contributed by atoms with E-state index in [2.05, 4.69) is 42.2 Å². The Morgan fingerprint density at radius 1 is 0.944 bits per heavy atom. The number of carboxylic acids is 1. The molecule has 0 aliphatic rings. The summed E-state index contributed by atoms with van der Waals surface area (Å²) in [5.74, 6) is -0.327. The smallest absolute Gasteiger partial charge is 0.335 e. The van der Waals surface area contributed by atoms with E-state index in [1.807, 2.05) is 67.6 Å². The molecule has 4 rings (SSSR count). The van der Waals surface area contributed by atoms with Crippen LogP contribution < -0.4 is 5.32 Å². The van der Waals surface area contributed by atoms with Crippen molar-refractivity contribution in [1.29, 1.82) is 0 Å². The molecular formula is C31H35N3O2. The first-order valence-electron chi connectivity index (χ1n) is 11.2. The number of aromatic nitrogens is 2. The second kappa shape index (κ2) is 16.2. The van der Waals surface area contributed by atoms with Crippen molar-refractivity contribution in [3.05, 3.63) is 128 Å². The number of anilines is 1. The van der Waals surface area contributed by atoms with Crippen molar-refractivity contribution in [1.82, 2.24) is 9.97 Å². The Bertz CT molecular complexity index is 1250. The molecule has 0 unspecified atom stereocenters. The Labute approximate surface area is 214 Å². The average Bonchev–Trinajstić information content (AvgIpc) is 2.91. The van der Waals surface area contributed by atoms with E-state index in [4.69, 9.17) is 4.98 Å². The normalized spacial score (nSPS) is 9.69. The van der Waals surface area contributed by atoms with Crippen LogP contribution in [0, 0.1) is 0 Å². The zero-order valence-corrected chi connectivity index (χ0v) is 20.0. The monoisotopic (exact) mass is 481 g/mol. The highest BCUT2D eigenvalue weighted by Gasteiger charge is 2.12. The maximum absolute atomic E-state index is 11.3. The number of hydrogen-bond donors (Lipinski definition) is 2. The van der Waals surface area contributed by atoms with Gasteiger partial charge < -0.3 is 10.4 Å². The summed E-state index contributed by atoms with van der Waals surface area (Å²) in [4.78, 5) is 20.7. The Balaban J connectivity index is 0.000000726. The number of nitrogens with zero attached hydrogens (tertiary/aromatic N) is 2. The number of hydrogen-bond acceptors (Lipinski definition) is 4. The number of benzene rings is 3. The van der Waals surface area contributed by atoms with Crippen molar-refractivity contribution in [3.63, 3.8) is 0 Å². The third-order valence-electron chi connectivity index (χ3n) is 4.84. The summed E-state index contributed by atoms with van der Waals surface area (Å²) in [6.07, 6.45) is 6.43. The highest BCUT2D eigenvalue weighted by molar-refractivity contribution is 5.93. The van der Waals surface area contributed by atoms with Crippen molar-refractivity contribution >= 4 is 22.8 Å². The van der Waals surface area contributed by atoms with E-state index < -0.39 is 5.97 Å². The minimum Gasteiger partial charge on any atom is -0.478 e. The van der Waals surface area contributed by atoms with E-state index in [1.54, 1.807) is 24.3 Å². The molecule has 0 amide bonds. The fourth-order valence-electron chi connectivity index (χ4n) is 3.21. The van der Waals surface area contributed by atoms with Crippen molar-refractivity contribution < 1.29 is 9.90 Å². The summed E-state index contributed by atoms with van der Waals surface area (Å²) in [7, 11) is 0. The molecule has 0 fully saturated rings. The van der Waals surface area contributed by atoms with Crippen LogP contribution in [0.4, 0.5) is 5.82 Å². The van der Waals surface area contributed by atoms with Crippen LogP contribution in [0.25, 0.3) is 22.3 Å². The zero-order valence-electron chi connectivity index (χ0n) is 20.0. The summed E-state index contributed by atoms with van der Waals surface area (Å²) in [5, 5.41) is 12.6. The van der Waals surface area contributed by atoms with E-state index >= 15 is 0 Å². The predicted octanol–water partition coefficient (Wildman–Crippen LogP) is 7.84. The first-order chi connectivity index (χ1) is 17.1. The second-order valence-electron chi connectivity index (χ2n) is 7.22. The minimum atomic E-state index is -0.977. The Morgan fingerprint density at radius 3 is 2.14 bits per heavy atom. The number of rotatable bonds is 7. The molecule has 0 bridgehead atoms. The highest BCUT2D eigenvalue weighted by atomic mass is 16.4. The van der Waals surface area contributed by atoms with Crippen molar-refractivity contribution in [2.45, 2.75) is 20.8 Å². The van der Waals surface area contributed by atoms with Gasteiger partial charge in [-0.25, -0.2) is 14.8 Å². The van der Waals surface area contributed by atoms with Crippen LogP contribution in [0.2, 0.25) is 0 Å². The minimum absolute atomic E-state index is 0. The predicted molar refractivity (Wildman–Crippen MR) is 154 cm³/mol. The molecule has 4 aromatic rings. The summed E-state index contributed by atoms with van der Waals surface area (Å²) in [6, 6.07) is 24.9. The lowest BCUT2D eigenvalue weighted by atomic mass is 10.1. The van der Waals surface area contributed by atoms with E-state index in [0.29, 0.717) is 23.4 Å². The maximum Gasteiger partial charge on any atom is 0.335 e. The van der Waals surface area contributed by atoms with Crippen LogP contribution in [0.15, 0.2) is 117 Å². The highest BCUT2D eigenvalue weighted by Crippen LogP contribution is 2.27. The van der Waals surface area contributed by atoms with Crippen LogP contribution in [-0.2, 0) is 6.42 Å². The molecule has 186 valence electrons. The Hall–Kier alpha value is -4.51. The van der Waals surface area contributed by atoms with Gasteiger partial charge in [0.15, 0.2) is 5.82 Å². The second-order valence-corrected chi connectivity index (χ2v) is 7.22. The molecular weight excluding hydrogens is 446 g/mol. The quantitative estimate of drug-likeness (QED) is 0.208. The third kappa shape index (κ3) is 8.69. The van der Waals surface area contributed by atoms with Crippen LogP contribution in [-0.4, -0.2) is 27.6 Å². The Morgan fingerprint density at radius 2 is 1.58 bits per heavy atom. The fraction of sp³-hybridized carbons (Fsp3) is 0.129. The maximum atomic E-state index is 11.3. The SMILES string of the molecule is C.C=C.C=C/C=C\C.O=C(O)c1ccc2nc(-c3ccccc3)c(NCCc3ccccc3)nc2c1. The molecule has 5 heteroatoms. The molecule has 0 aliphatic carbocycles. The van der Waals surface area contributed by atoms with Gasteiger partial charge in [-0.1, -0.05) is 92.9 Å². The lowest BCUT2D eigenvalue weighted by molar-refractivity contribution is 0.0697. The number of carbonyl (C=O) groups is 1. The molecule has 0 saturated heterocycles. The van der Waals surface area contributed by atoms with Crippen LogP contribution in [0.1, 0.15) is 30.3 Å². The van der Waals surface area contributed by atoms with E-state index in [-0.39, 0.29) is 13.0 Å². The van der Waals surface area contributed by atoms with Crippen molar-refractivity contribution in [3.8, 4) is 11.3 Å². The standard InChI is InChI=1S/C23H19N3O2.C5H8.C2H4.CH4/c27-23(28)18-11-12-19-20(15-18)26-22(21(25-19)17-9-5-2-6-10-17)24-14-13-16-7-3-1-4-8-16;1-3-5-4-2;1-2;/h1-12,15H,13-14H2,(H,24,26)(H,27,28);3-5H,1H2,2H3;1-2H2;1H4/b;5-4-;;. The van der Waals surface area contributed by atoms with Gasteiger partial charge in [-0.15, -0.1) is 13.2 Å². The number of carboxylic acid groups (broad SMARTS) is 1. The number of aromatic carboxylic acids is 1. The number of nitrogens with one attached hydrogen (secondary N) is 1. The molecule has 36 heavy (non-hydrogen) atoms. The lowest BCUT2D eigenvalue weighted by Crippen LogP contribution is -2.09. The molecule has 0 aliphatic heterocycles. The molecule has 3 aromatic carbocycles. The van der Waals surface area contributed by atoms with Crippen molar-refractivity contribution in [2.24, 2.45) is 0 Å². The van der Waals surface area contributed by atoms with Gasteiger partial charge in [0.2, 0.25) is 0 Å². The van der Waals surface area contributed by atoms with Crippen LogP contribution in [0.5, 0.6) is 0 Å². The van der Waals surface area contributed by atoms with Gasteiger partial charge in [-0.3, -0.25) is 0 Å². The summed E-state index contributed by atoms with van der Waals surface area (Å²) in [6.45, 7) is 12.1. The molecule has 0 radical (unpaired) electrons. The van der Waals surface area contributed by atoms with Crippen molar-refractivity contribution in [2.75, 3.05) is 11.9 Å². The molecule has 5 nitrogen and oxygen atoms in total. The molecule has 0 spiro atoms. The van der Waals surface area contributed by atoms with Gasteiger partial charge in [0.25, 0.3) is 0 Å². The first kappa shape index (κ1) is 29.5. The summed E-state index contributed by atoms with van der Waals surface area (Å²) < 4.78 is 0. The van der Waals surface area contributed by atoms with E-state index in [9.17, 15) is 9.90 Å². The average molecular weight is 482 g/mol. The van der Waals surface area contributed by atoms with Crippen LogP contribution in [0.3, 0.4) is 0 Å². The number of allylic oxidation sites excluding steroid dienone is 3. The van der Waals surface area contributed by atoms with Gasteiger partial charge in [0.1, 0.15) is 5.69 Å². The van der Waals surface area contributed by atoms with Gasteiger partial charge >= 0.3 is 5.97 Å². The van der Waals surface area contributed by atoms with Crippen LogP contribution >= 0.6 is 0 Å².